The number of benzene rings is 3. The normalized spacial score (nSPS) is 11.1. The van der Waals surface area contributed by atoms with Crippen molar-refractivity contribution >= 4 is 118 Å². The summed E-state index contributed by atoms with van der Waals surface area (Å²) in [5, 5.41) is 31.3. The second kappa shape index (κ2) is 10.0. The minimum absolute atomic E-state index is 0. The molecule has 4 rings (SSSR count). The fourth-order valence-corrected chi connectivity index (χ4v) is 6.80. The maximum Gasteiger partial charge on any atom is 1.00 e. The van der Waals surface area contributed by atoms with Crippen LogP contribution in [0.25, 0.3) is 33.1 Å². The van der Waals surface area contributed by atoms with Crippen LogP contribution in [-0.2, 0) is 0 Å². The Kier molecular flexibility index (Phi) is 8.40. The van der Waals surface area contributed by atoms with E-state index in [0.717, 1.165) is 6.07 Å². The van der Waals surface area contributed by atoms with Gasteiger partial charge < -0.3 is 15.3 Å². The maximum absolute atomic E-state index is 14.3. The second-order valence-electron chi connectivity index (χ2n) is 6.39. The van der Waals surface area contributed by atoms with E-state index in [1.165, 1.54) is 0 Å². The van der Waals surface area contributed by atoms with Gasteiger partial charge in [0.1, 0.15) is 0 Å². The smallest absolute Gasteiger partial charge is 0.505 e. The van der Waals surface area contributed by atoms with Crippen molar-refractivity contribution in [2.24, 2.45) is 0 Å². The molecule has 1 heterocycles. The minimum atomic E-state index is -1.43. The molecule has 0 atom stereocenters. The SMILES string of the molecule is O=C(O)c1cc(F)c(F)cc1-c1c2cc(I)c(O)c(I)c2[o+]c2c(I)c(O)c(I)cc12.[Na+]. The molecule has 0 radical (unpaired) electrons. The fourth-order valence-electron chi connectivity index (χ4n) is 3.22. The summed E-state index contributed by atoms with van der Waals surface area (Å²) in [5.74, 6) is -3.97. The molecule has 5 nitrogen and oxygen atoms in total. The van der Waals surface area contributed by atoms with E-state index in [2.05, 4.69) is 0 Å². The third-order valence-corrected chi connectivity index (χ3v) is 8.25. The first kappa shape index (κ1) is 26.8. The number of carbonyl (C=O) groups is 1. The first-order chi connectivity index (χ1) is 14.5. The van der Waals surface area contributed by atoms with E-state index >= 15 is 0 Å². The predicted molar refractivity (Wildman–Crippen MR) is 145 cm³/mol. The number of rotatable bonds is 2. The molecular formula is C20H7F2I4NaO5+2. The van der Waals surface area contributed by atoms with Crippen LogP contribution in [0.5, 0.6) is 11.5 Å². The number of aromatic carboxylic acids is 1. The number of carboxylic acids is 1. The van der Waals surface area contributed by atoms with E-state index in [4.69, 9.17) is 4.42 Å². The van der Waals surface area contributed by atoms with Gasteiger partial charge in [-0.05, 0) is 115 Å². The Morgan fingerprint density at radius 2 is 1.25 bits per heavy atom. The number of fused-ring (bicyclic) bond motifs is 2. The van der Waals surface area contributed by atoms with Crippen molar-refractivity contribution in [3.8, 4) is 22.6 Å². The first-order valence-corrected chi connectivity index (χ1v) is 12.5. The summed E-state index contributed by atoms with van der Waals surface area (Å²) in [6.07, 6.45) is 0. The Bertz CT molecular complexity index is 1390. The van der Waals surface area contributed by atoms with E-state index in [1.807, 2.05) is 90.4 Å². The van der Waals surface area contributed by atoms with Crippen LogP contribution in [-0.4, -0.2) is 21.3 Å². The van der Waals surface area contributed by atoms with Gasteiger partial charge in [-0.2, -0.15) is 0 Å². The van der Waals surface area contributed by atoms with Crippen molar-refractivity contribution < 1.29 is 62.9 Å². The number of halogens is 6. The quantitative estimate of drug-likeness (QED) is 0.121. The molecule has 32 heavy (non-hydrogen) atoms. The molecule has 0 saturated carbocycles. The Hall–Kier alpha value is 0.180. The van der Waals surface area contributed by atoms with Crippen molar-refractivity contribution in [2.45, 2.75) is 0 Å². The molecule has 0 saturated heterocycles. The van der Waals surface area contributed by atoms with E-state index in [0.29, 0.717) is 36.7 Å². The van der Waals surface area contributed by atoms with Gasteiger partial charge in [0.25, 0.3) is 0 Å². The van der Waals surface area contributed by atoms with Gasteiger partial charge in [0.15, 0.2) is 30.3 Å². The van der Waals surface area contributed by atoms with E-state index in [1.54, 1.807) is 12.1 Å². The van der Waals surface area contributed by atoms with Crippen LogP contribution in [0.4, 0.5) is 8.78 Å². The summed E-state index contributed by atoms with van der Waals surface area (Å²) in [7, 11) is 0. The zero-order valence-corrected chi connectivity index (χ0v) is 26.4. The number of hydrogen-bond donors (Lipinski definition) is 3. The van der Waals surface area contributed by atoms with E-state index in [-0.39, 0.29) is 57.8 Å². The number of hydrogen-bond acceptors (Lipinski definition) is 3. The molecule has 0 amide bonds. The molecule has 0 aliphatic rings. The van der Waals surface area contributed by atoms with Crippen LogP contribution < -0.4 is 29.6 Å². The second-order valence-corrected chi connectivity index (χ2v) is 10.9. The zero-order valence-electron chi connectivity index (χ0n) is 15.7. The van der Waals surface area contributed by atoms with Gasteiger partial charge in [-0.3, -0.25) is 0 Å². The third-order valence-electron chi connectivity index (χ3n) is 4.60. The largest absolute Gasteiger partial charge is 1.00 e. The van der Waals surface area contributed by atoms with E-state index < -0.39 is 23.2 Å². The Balaban J connectivity index is 0.00000289. The Morgan fingerprint density at radius 1 is 0.812 bits per heavy atom. The molecule has 0 aliphatic carbocycles. The average Bonchev–Trinajstić information content (AvgIpc) is 2.71. The van der Waals surface area contributed by atoms with Crippen LogP contribution in [0.1, 0.15) is 10.4 Å². The summed E-state index contributed by atoms with van der Waals surface area (Å²) in [6.45, 7) is 0. The van der Waals surface area contributed by atoms with Gasteiger partial charge in [0, 0.05) is 11.1 Å². The minimum Gasteiger partial charge on any atom is -0.505 e. The summed E-state index contributed by atoms with van der Waals surface area (Å²) in [4.78, 5) is 11.9. The van der Waals surface area contributed by atoms with Crippen molar-refractivity contribution in [3.05, 3.63) is 55.7 Å². The molecule has 0 fully saturated rings. The average molecular weight is 896 g/mol. The topological polar surface area (TPSA) is 89.1 Å². The van der Waals surface area contributed by atoms with Crippen molar-refractivity contribution in [2.75, 3.05) is 0 Å². The first-order valence-electron chi connectivity index (χ1n) is 8.23. The molecule has 1 aromatic heterocycles. The van der Waals surface area contributed by atoms with Crippen LogP contribution in [0.2, 0.25) is 0 Å². The third kappa shape index (κ3) is 4.43. The molecule has 0 unspecified atom stereocenters. The molecule has 0 bridgehead atoms. The molecule has 3 aromatic carbocycles. The molecule has 0 aliphatic heterocycles. The van der Waals surface area contributed by atoms with Crippen molar-refractivity contribution in [1.29, 1.82) is 0 Å². The summed E-state index contributed by atoms with van der Waals surface area (Å²) in [5.41, 5.74) is 0.260. The summed E-state index contributed by atoms with van der Waals surface area (Å²) in [6, 6.07) is 4.66. The monoisotopic (exact) mass is 896 g/mol. The summed E-state index contributed by atoms with van der Waals surface area (Å²) < 4.78 is 35.9. The van der Waals surface area contributed by atoms with Gasteiger partial charge in [-0.1, -0.05) is 0 Å². The molecule has 4 aromatic rings. The molecule has 158 valence electrons. The number of phenolic OH excluding ortho intramolecular Hbond substituents is 2. The van der Waals surface area contributed by atoms with Gasteiger partial charge in [-0.25, -0.2) is 18.0 Å². The maximum atomic E-state index is 14.3. The predicted octanol–water partition coefficient (Wildman–Crippen LogP) is 4.34. The Morgan fingerprint density at radius 3 is 1.69 bits per heavy atom. The molecule has 3 N–H and O–H groups in total. The fraction of sp³-hybridized carbons (Fsp3) is 0. The van der Waals surface area contributed by atoms with Crippen LogP contribution in [0.3, 0.4) is 0 Å². The van der Waals surface area contributed by atoms with Crippen molar-refractivity contribution in [1.82, 2.24) is 0 Å². The van der Waals surface area contributed by atoms with Crippen molar-refractivity contribution in [3.63, 3.8) is 0 Å². The molecule has 0 spiro atoms. The molecular weight excluding hydrogens is 889 g/mol. The van der Waals surface area contributed by atoms with Crippen LogP contribution in [0, 0.1) is 25.9 Å². The Labute approximate surface area is 255 Å². The zero-order chi connectivity index (χ0) is 22.8. The molecule has 12 heteroatoms. The standard InChI is InChI=1S/C20H6F2I4O5.Na/c21-9-1-5(6(20(29)30)2-10(9)22)13-7-3-11(23)16(27)14(25)18(7)31-19-8(13)4-12(24)17(28)15(19)26;/h1-4H,(H2-,27,28,29,30);/q;+1/p+1. The van der Waals surface area contributed by atoms with Gasteiger partial charge in [-0.15, -0.1) is 0 Å². The number of carboxylic acid groups (broad SMARTS) is 1. The van der Waals surface area contributed by atoms with Gasteiger partial charge in [0.2, 0.25) is 0 Å². The van der Waals surface area contributed by atoms with E-state index in [9.17, 15) is 28.9 Å². The van der Waals surface area contributed by atoms with Crippen LogP contribution >= 0.6 is 90.4 Å². The van der Waals surface area contributed by atoms with Gasteiger partial charge >= 0.3 is 46.7 Å². The number of phenols is 2. The number of aromatic hydroxyl groups is 2. The van der Waals surface area contributed by atoms with Gasteiger partial charge in [0.05, 0.1) is 23.5 Å². The van der Waals surface area contributed by atoms with Crippen LogP contribution in [0.15, 0.2) is 28.7 Å². The summed E-state index contributed by atoms with van der Waals surface area (Å²) >= 11 is 7.63.